The number of carboxylic acid groups (broad SMARTS) is 1. The van der Waals surface area contributed by atoms with Crippen LogP contribution in [0.1, 0.15) is 22.5 Å². The van der Waals surface area contributed by atoms with Crippen molar-refractivity contribution in [3.8, 4) is 0 Å². The van der Waals surface area contributed by atoms with Crippen LogP contribution in [0.15, 0.2) is 36.5 Å². The number of aromatic carboxylic acids is 1. The Hall–Kier alpha value is -2.71. The molecule has 0 atom stereocenters. The van der Waals surface area contributed by atoms with Crippen LogP contribution in [-0.2, 0) is 22.6 Å². The highest BCUT2D eigenvalue weighted by Gasteiger charge is 2.12. The van der Waals surface area contributed by atoms with Crippen molar-refractivity contribution in [2.24, 2.45) is 0 Å². The number of aromatic nitrogens is 2. The lowest BCUT2D eigenvalue weighted by molar-refractivity contribution is -0.116. The largest absolute Gasteiger partial charge is 0.476 e. The standard InChI is InChI=1S/C18H22N4O4/c23-17(5-7-22-6-4-16(20-22)18(24)25)19-15-3-1-2-14(12-15)13-21-8-10-26-11-9-21/h1-4,6,12H,5,7-11,13H2,(H,19,23)(H,24,25). The SMILES string of the molecule is O=C(CCn1ccc(C(=O)O)n1)Nc1cccc(CN2CCOCC2)c1. The summed E-state index contributed by atoms with van der Waals surface area (Å²) in [7, 11) is 0. The second kappa shape index (κ2) is 8.59. The van der Waals surface area contributed by atoms with Crippen LogP contribution in [0.5, 0.6) is 0 Å². The van der Waals surface area contributed by atoms with Gasteiger partial charge in [-0.05, 0) is 23.8 Å². The van der Waals surface area contributed by atoms with E-state index in [-0.39, 0.29) is 18.0 Å². The smallest absolute Gasteiger partial charge is 0.356 e. The Morgan fingerprint density at radius 1 is 1.23 bits per heavy atom. The first kappa shape index (κ1) is 18.1. The van der Waals surface area contributed by atoms with Gasteiger partial charge in [0.1, 0.15) is 0 Å². The molecule has 1 aromatic carbocycles. The van der Waals surface area contributed by atoms with E-state index < -0.39 is 5.97 Å². The molecule has 26 heavy (non-hydrogen) atoms. The molecule has 1 aliphatic heterocycles. The van der Waals surface area contributed by atoms with Crippen molar-refractivity contribution in [2.45, 2.75) is 19.5 Å². The van der Waals surface area contributed by atoms with Gasteiger partial charge in [0.05, 0.1) is 13.2 Å². The van der Waals surface area contributed by atoms with Crippen molar-refractivity contribution in [3.63, 3.8) is 0 Å². The fraction of sp³-hybridized carbons (Fsp3) is 0.389. The average Bonchev–Trinajstić information content (AvgIpc) is 3.11. The number of nitrogens with one attached hydrogen (secondary N) is 1. The summed E-state index contributed by atoms with van der Waals surface area (Å²) < 4.78 is 6.81. The molecule has 0 radical (unpaired) electrons. The Morgan fingerprint density at radius 3 is 2.77 bits per heavy atom. The number of carbonyl (C=O) groups is 2. The van der Waals surface area contributed by atoms with Gasteiger partial charge < -0.3 is 15.2 Å². The fourth-order valence-electron chi connectivity index (χ4n) is 2.80. The molecule has 1 fully saturated rings. The zero-order chi connectivity index (χ0) is 18.4. The predicted molar refractivity (Wildman–Crippen MR) is 95.0 cm³/mol. The molecule has 1 saturated heterocycles. The van der Waals surface area contributed by atoms with E-state index in [0.29, 0.717) is 6.54 Å². The Labute approximate surface area is 151 Å². The van der Waals surface area contributed by atoms with Crippen LogP contribution in [0, 0.1) is 0 Å². The van der Waals surface area contributed by atoms with Gasteiger partial charge in [-0.3, -0.25) is 14.4 Å². The number of aryl methyl sites for hydroxylation is 1. The van der Waals surface area contributed by atoms with Gasteiger partial charge in [-0.25, -0.2) is 4.79 Å². The number of rotatable bonds is 7. The minimum atomic E-state index is -1.08. The van der Waals surface area contributed by atoms with Gasteiger partial charge in [0, 0.05) is 44.5 Å². The second-order valence-corrected chi connectivity index (χ2v) is 6.16. The van der Waals surface area contributed by atoms with Crippen molar-refractivity contribution >= 4 is 17.6 Å². The highest BCUT2D eigenvalue weighted by molar-refractivity contribution is 5.90. The summed E-state index contributed by atoms with van der Waals surface area (Å²) in [6.07, 6.45) is 1.77. The maximum atomic E-state index is 12.1. The first-order valence-electron chi connectivity index (χ1n) is 8.56. The van der Waals surface area contributed by atoms with E-state index in [4.69, 9.17) is 9.84 Å². The summed E-state index contributed by atoms with van der Waals surface area (Å²) in [4.78, 5) is 25.3. The third-order valence-corrected chi connectivity index (χ3v) is 4.15. The summed E-state index contributed by atoms with van der Waals surface area (Å²) in [5.41, 5.74) is 1.87. The molecule has 8 heteroatoms. The second-order valence-electron chi connectivity index (χ2n) is 6.16. The maximum Gasteiger partial charge on any atom is 0.356 e. The Morgan fingerprint density at radius 2 is 2.04 bits per heavy atom. The van der Waals surface area contributed by atoms with Gasteiger partial charge in [-0.2, -0.15) is 5.10 Å². The molecule has 3 rings (SSSR count). The van der Waals surface area contributed by atoms with E-state index in [1.54, 1.807) is 6.20 Å². The number of hydrogen-bond donors (Lipinski definition) is 2. The molecule has 0 unspecified atom stereocenters. The van der Waals surface area contributed by atoms with Gasteiger partial charge in [0.2, 0.25) is 5.91 Å². The molecule has 1 amide bonds. The third kappa shape index (κ3) is 5.14. The van der Waals surface area contributed by atoms with E-state index in [0.717, 1.165) is 44.1 Å². The third-order valence-electron chi connectivity index (χ3n) is 4.15. The van der Waals surface area contributed by atoms with Crippen LogP contribution in [0.4, 0.5) is 5.69 Å². The number of ether oxygens (including phenoxy) is 1. The molecule has 0 spiro atoms. The van der Waals surface area contributed by atoms with Gasteiger partial charge >= 0.3 is 5.97 Å². The number of carbonyl (C=O) groups excluding carboxylic acids is 1. The molecule has 2 N–H and O–H groups in total. The van der Waals surface area contributed by atoms with Gasteiger partial charge in [0.25, 0.3) is 0 Å². The molecule has 0 saturated carbocycles. The van der Waals surface area contributed by atoms with E-state index in [1.165, 1.54) is 10.7 Å². The molecule has 0 aliphatic carbocycles. The minimum Gasteiger partial charge on any atom is -0.476 e. The average molecular weight is 358 g/mol. The highest BCUT2D eigenvalue weighted by atomic mass is 16.5. The molecular formula is C18H22N4O4. The number of morpholine rings is 1. The predicted octanol–water partition coefficient (Wildman–Crippen LogP) is 1.44. The number of hydrogen-bond acceptors (Lipinski definition) is 5. The normalized spacial score (nSPS) is 14.9. The quantitative estimate of drug-likeness (QED) is 0.777. The van der Waals surface area contributed by atoms with Crippen LogP contribution in [-0.4, -0.2) is 58.0 Å². The zero-order valence-electron chi connectivity index (χ0n) is 14.4. The summed E-state index contributed by atoms with van der Waals surface area (Å²) in [5, 5.41) is 15.6. The monoisotopic (exact) mass is 358 g/mol. The van der Waals surface area contributed by atoms with Gasteiger partial charge in [-0.1, -0.05) is 12.1 Å². The summed E-state index contributed by atoms with van der Waals surface area (Å²) in [5.74, 6) is -1.22. The lowest BCUT2D eigenvalue weighted by Crippen LogP contribution is -2.35. The van der Waals surface area contributed by atoms with Crippen molar-refractivity contribution < 1.29 is 19.4 Å². The molecule has 2 aromatic rings. The molecule has 138 valence electrons. The van der Waals surface area contributed by atoms with E-state index >= 15 is 0 Å². The molecular weight excluding hydrogens is 336 g/mol. The molecule has 8 nitrogen and oxygen atoms in total. The van der Waals surface area contributed by atoms with Gasteiger partial charge in [0.15, 0.2) is 5.69 Å². The van der Waals surface area contributed by atoms with Crippen LogP contribution in [0.3, 0.4) is 0 Å². The highest BCUT2D eigenvalue weighted by Crippen LogP contribution is 2.14. The summed E-state index contributed by atoms with van der Waals surface area (Å²) >= 11 is 0. The summed E-state index contributed by atoms with van der Waals surface area (Å²) in [6.45, 7) is 4.50. The molecule has 2 heterocycles. The van der Waals surface area contributed by atoms with Crippen LogP contribution in [0.2, 0.25) is 0 Å². The minimum absolute atomic E-state index is 0.0266. The van der Waals surface area contributed by atoms with Crippen molar-refractivity contribution in [3.05, 3.63) is 47.8 Å². The number of benzene rings is 1. The van der Waals surface area contributed by atoms with Crippen molar-refractivity contribution in [2.75, 3.05) is 31.6 Å². The Kier molecular flexibility index (Phi) is 5.98. The van der Waals surface area contributed by atoms with Crippen molar-refractivity contribution in [1.82, 2.24) is 14.7 Å². The topological polar surface area (TPSA) is 96.7 Å². The Balaban J connectivity index is 1.50. The van der Waals surface area contributed by atoms with Crippen molar-refractivity contribution in [1.29, 1.82) is 0 Å². The number of anilines is 1. The lowest BCUT2D eigenvalue weighted by atomic mass is 10.1. The number of nitrogens with zero attached hydrogens (tertiary/aromatic N) is 3. The van der Waals surface area contributed by atoms with Gasteiger partial charge in [-0.15, -0.1) is 0 Å². The molecule has 1 aliphatic rings. The van der Waals surface area contributed by atoms with E-state index in [2.05, 4.69) is 15.3 Å². The lowest BCUT2D eigenvalue weighted by Gasteiger charge is -2.26. The van der Waals surface area contributed by atoms with Crippen LogP contribution >= 0.6 is 0 Å². The van der Waals surface area contributed by atoms with E-state index in [1.807, 2.05) is 24.3 Å². The fourth-order valence-corrected chi connectivity index (χ4v) is 2.80. The molecule has 0 bridgehead atoms. The van der Waals surface area contributed by atoms with Crippen LogP contribution in [0.25, 0.3) is 0 Å². The Bertz CT molecular complexity index is 768. The summed E-state index contributed by atoms with van der Waals surface area (Å²) in [6, 6.07) is 9.22. The first-order chi connectivity index (χ1) is 12.6. The first-order valence-corrected chi connectivity index (χ1v) is 8.56. The van der Waals surface area contributed by atoms with E-state index in [9.17, 15) is 9.59 Å². The zero-order valence-corrected chi connectivity index (χ0v) is 14.4. The maximum absolute atomic E-state index is 12.1. The number of amides is 1. The number of carboxylic acids is 1. The van der Waals surface area contributed by atoms with Crippen LogP contribution < -0.4 is 5.32 Å². The molecule has 1 aromatic heterocycles.